The third kappa shape index (κ3) is 2.29. The first-order valence-electron chi connectivity index (χ1n) is 5.02. The smallest absolute Gasteiger partial charge is 0.401 e. The lowest BCUT2D eigenvalue weighted by molar-refractivity contribution is -0.402. The maximum Gasteiger partial charge on any atom is 0.433 e. The molecule has 0 bridgehead atoms. The summed E-state index contributed by atoms with van der Waals surface area (Å²) in [5.41, 5.74) is 0. The summed E-state index contributed by atoms with van der Waals surface area (Å²) < 4.78 is 5.44. The van der Waals surface area contributed by atoms with Crippen LogP contribution in [-0.2, 0) is 4.79 Å². The van der Waals surface area contributed by atoms with Crippen LogP contribution in [0.25, 0.3) is 6.08 Å². The zero-order chi connectivity index (χ0) is 13.3. The Morgan fingerprint density at radius 2 is 2.33 bits per heavy atom. The molecule has 1 aliphatic rings. The molecule has 0 spiro atoms. The summed E-state index contributed by atoms with van der Waals surface area (Å²) in [6.07, 6.45) is 1.46. The number of carbonyl (C=O) groups excluding carboxylic acids is 1. The van der Waals surface area contributed by atoms with Gasteiger partial charge in [-0.2, -0.15) is 0 Å². The molecule has 1 fully saturated rings. The molecule has 18 heavy (non-hydrogen) atoms. The van der Waals surface area contributed by atoms with Gasteiger partial charge in [-0.3, -0.25) is 19.8 Å². The van der Waals surface area contributed by atoms with Crippen molar-refractivity contribution in [3.05, 3.63) is 32.9 Å². The van der Waals surface area contributed by atoms with Crippen LogP contribution in [0.15, 0.2) is 21.5 Å². The van der Waals surface area contributed by atoms with Crippen LogP contribution >= 0.6 is 24.0 Å². The van der Waals surface area contributed by atoms with E-state index in [0.717, 1.165) is 11.8 Å². The molecule has 1 aromatic rings. The number of carbonyl (C=O) groups is 1. The van der Waals surface area contributed by atoms with E-state index < -0.39 is 4.92 Å². The Balaban J connectivity index is 2.26. The number of nitrogens with zero attached hydrogens (tertiary/aromatic N) is 2. The first-order chi connectivity index (χ1) is 8.52. The van der Waals surface area contributed by atoms with E-state index in [-0.39, 0.29) is 17.6 Å². The van der Waals surface area contributed by atoms with Crippen molar-refractivity contribution in [1.82, 2.24) is 4.90 Å². The number of hydrogen-bond acceptors (Lipinski definition) is 6. The molecule has 0 aromatic carbocycles. The lowest BCUT2D eigenvalue weighted by Gasteiger charge is -2.09. The van der Waals surface area contributed by atoms with E-state index in [1.54, 1.807) is 0 Å². The second-order valence-electron chi connectivity index (χ2n) is 3.36. The molecular weight excluding hydrogens is 276 g/mol. The fourth-order valence-electron chi connectivity index (χ4n) is 1.42. The predicted molar refractivity (Wildman–Crippen MR) is 70.9 cm³/mol. The largest absolute Gasteiger partial charge is 0.433 e. The van der Waals surface area contributed by atoms with Crippen molar-refractivity contribution in [2.45, 2.75) is 6.92 Å². The highest BCUT2D eigenvalue weighted by molar-refractivity contribution is 8.26. The highest BCUT2D eigenvalue weighted by Gasteiger charge is 2.31. The van der Waals surface area contributed by atoms with Crippen molar-refractivity contribution in [3.8, 4) is 0 Å². The van der Waals surface area contributed by atoms with E-state index in [1.165, 1.54) is 23.1 Å². The maximum atomic E-state index is 11.9. The minimum absolute atomic E-state index is 0.202. The molecular formula is C10H8N2O4S2. The molecule has 1 saturated heterocycles. The average Bonchev–Trinajstić information content (AvgIpc) is 2.86. The molecule has 6 nitrogen and oxygen atoms in total. The molecule has 0 atom stereocenters. The number of amides is 1. The summed E-state index contributed by atoms with van der Waals surface area (Å²) in [4.78, 5) is 23.6. The van der Waals surface area contributed by atoms with Gasteiger partial charge in [0.25, 0.3) is 5.91 Å². The van der Waals surface area contributed by atoms with Gasteiger partial charge in [0.05, 0.1) is 11.0 Å². The summed E-state index contributed by atoms with van der Waals surface area (Å²) >= 11 is 6.20. The van der Waals surface area contributed by atoms with Gasteiger partial charge in [-0.05, 0) is 13.0 Å². The quantitative estimate of drug-likeness (QED) is 0.367. The first kappa shape index (κ1) is 12.8. The molecule has 1 aliphatic heterocycles. The second-order valence-corrected chi connectivity index (χ2v) is 5.03. The normalized spacial score (nSPS) is 17.8. The summed E-state index contributed by atoms with van der Waals surface area (Å²) in [6, 6.07) is 2.68. The van der Waals surface area contributed by atoms with E-state index in [0.29, 0.717) is 15.8 Å². The van der Waals surface area contributed by atoms with Gasteiger partial charge >= 0.3 is 5.88 Å². The lowest BCUT2D eigenvalue weighted by atomic mass is 10.3. The van der Waals surface area contributed by atoms with Crippen molar-refractivity contribution in [2.75, 3.05) is 6.54 Å². The summed E-state index contributed by atoms with van der Waals surface area (Å²) in [5.74, 6) is -0.294. The van der Waals surface area contributed by atoms with Gasteiger partial charge in [-0.15, -0.1) is 0 Å². The standard InChI is InChI=1S/C10H8N2O4S2/c1-2-11-9(13)7(18-10(11)17)5-6-3-4-8(16-6)12(14)15/h3-5H,2H2,1H3/b7-5+. The molecule has 8 heteroatoms. The Kier molecular flexibility index (Phi) is 3.48. The highest BCUT2D eigenvalue weighted by atomic mass is 32.2. The van der Waals surface area contributed by atoms with Crippen LogP contribution in [-0.4, -0.2) is 26.6 Å². The zero-order valence-corrected chi connectivity index (χ0v) is 10.9. The number of thioether (sulfide) groups is 1. The second kappa shape index (κ2) is 4.91. The predicted octanol–water partition coefficient (Wildman–Crippen LogP) is 2.41. The van der Waals surface area contributed by atoms with Crippen LogP contribution in [0.3, 0.4) is 0 Å². The van der Waals surface area contributed by atoms with E-state index in [4.69, 9.17) is 16.6 Å². The van der Waals surface area contributed by atoms with Crippen LogP contribution < -0.4 is 0 Å². The van der Waals surface area contributed by atoms with Gasteiger partial charge < -0.3 is 4.42 Å². The molecule has 0 aliphatic carbocycles. The molecule has 2 rings (SSSR count). The number of furan rings is 1. The van der Waals surface area contributed by atoms with Crippen LogP contribution in [0, 0.1) is 10.1 Å². The Labute approximate surface area is 112 Å². The van der Waals surface area contributed by atoms with Gasteiger partial charge in [-0.1, -0.05) is 24.0 Å². The van der Waals surface area contributed by atoms with Crippen molar-refractivity contribution in [3.63, 3.8) is 0 Å². The highest BCUT2D eigenvalue weighted by Crippen LogP contribution is 2.32. The molecule has 0 N–H and O–H groups in total. The third-order valence-corrected chi connectivity index (χ3v) is 3.63. The van der Waals surface area contributed by atoms with E-state index in [2.05, 4.69) is 0 Å². The van der Waals surface area contributed by atoms with Crippen molar-refractivity contribution in [2.24, 2.45) is 0 Å². The molecule has 1 amide bonds. The van der Waals surface area contributed by atoms with Crippen molar-refractivity contribution < 1.29 is 14.1 Å². The molecule has 94 valence electrons. The number of thiocarbonyl (C=S) groups is 1. The van der Waals surface area contributed by atoms with Gasteiger partial charge in [0.1, 0.15) is 15.0 Å². The Bertz CT molecular complexity index is 564. The molecule has 0 unspecified atom stereocenters. The number of rotatable bonds is 3. The topological polar surface area (TPSA) is 76.6 Å². The number of nitro groups is 1. The summed E-state index contributed by atoms with van der Waals surface area (Å²) in [7, 11) is 0. The average molecular weight is 284 g/mol. The van der Waals surface area contributed by atoms with Crippen LogP contribution in [0.1, 0.15) is 12.7 Å². The van der Waals surface area contributed by atoms with E-state index in [9.17, 15) is 14.9 Å². The van der Waals surface area contributed by atoms with E-state index in [1.807, 2.05) is 6.92 Å². The molecule has 1 aromatic heterocycles. The molecule has 0 saturated carbocycles. The minimum Gasteiger partial charge on any atom is -0.401 e. The summed E-state index contributed by atoms with van der Waals surface area (Å²) in [6.45, 7) is 2.33. The zero-order valence-electron chi connectivity index (χ0n) is 9.28. The lowest BCUT2D eigenvalue weighted by Crippen LogP contribution is -2.27. The van der Waals surface area contributed by atoms with Crippen molar-refractivity contribution >= 4 is 46.2 Å². The van der Waals surface area contributed by atoms with Gasteiger partial charge in [0.2, 0.25) is 0 Å². The van der Waals surface area contributed by atoms with Crippen LogP contribution in [0.5, 0.6) is 0 Å². The SMILES string of the molecule is CCN1C(=O)/C(=C\c2ccc([N+](=O)[O-])o2)SC1=S. The van der Waals surface area contributed by atoms with Crippen LogP contribution in [0.2, 0.25) is 0 Å². The fraction of sp³-hybridized carbons (Fsp3) is 0.200. The maximum absolute atomic E-state index is 11.9. The molecule has 0 radical (unpaired) electrons. The van der Waals surface area contributed by atoms with Gasteiger partial charge in [0.15, 0.2) is 0 Å². The Morgan fingerprint density at radius 3 is 2.83 bits per heavy atom. The van der Waals surface area contributed by atoms with E-state index >= 15 is 0 Å². The number of likely N-dealkylation sites (N-methyl/N-ethyl adjacent to an activating group) is 1. The monoisotopic (exact) mass is 284 g/mol. The van der Waals surface area contributed by atoms with Crippen molar-refractivity contribution in [1.29, 1.82) is 0 Å². The van der Waals surface area contributed by atoms with Gasteiger partial charge in [0, 0.05) is 12.6 Å². The summed E-state index contributed by atoms with van der Waals surface area (Å²) in [5, 5.41) is 10.5. The van der Waals surface area contributed by atoms with Gasteiger partial charge in [-0.25, -0.2) is 0 Å². The fourth-order valence-corrected chi connectivity index (χ4v) is 2.78. The molecule has 2 heterocycles. The first-order valence-corrected chi connectivity index (χ1v) is 6.25. The Morgan fingerprint density at radius 1 is 1.61 bits per heavy atom. The third-order valence-electron chi connectivity index (χ3n) is 2.26. The minimum atomic E-state index is -0.630. The van der Waals surface area contributed by atoms with Crippen LogP contribution in [0.4, 0.5) is 5.88 Å². The number of hydrogen-bond donors (Lipinski definition) is 0. The Hall–Kier alpha value is -1.67.